The van der Waals surface area contributed by atoms with Gasteiger partial charge in [-0.15, -0.1) is 0 Å². The van der Waals surface area contributed by atoms with E-state index in [2.05, 4.69) is 18.1 Å². The lowest BCUT2D eigenvalue weighted by Crippen LogP contribution is -2.09. The number of carbonyl (C=O) groups is 1. The van der Waals surface area contributed by atoms with Gasteiger partial charge in [-0.3, -0.25) is 9.42 Å². The lowest BCUT2D eigenvalue weighted by Gasteiger charge is -2.16. The maximum Gasteiger partial charge on any atom is 0.530 e. The van der Waals surface area contributed by atoms with Gasteiger partial charge in [-0.25, -0.2) is 13.9 Å². The van der Waals surface area contributed by atoms with Crippen molar-refractivity contribution in [2.45, 2.75) is 20.8 Å². The molecule has 0 heterocycles. The van der Waals surface area contributed by atoms with Gasteiger partial charge in [-0.05, 0) is 20.8 Å². The first-order valence-electron chi connectivity index (χ1n) is 4.91. The van der Waals surface area contributed by atoms with Crippen LogP contribution in [-0.2, 0) is 27.2 Å². The Morgan fingerprint density at radius 1 is 1.00 bits per heavy atom. The molecule has 17 heavy (non-hydrogen) atoms. The van der Waals surface area contributed by atoms with Gasteiger partial charge < -0.3 is 13.6 Å². The van der Waals surface area contributed by atoms with Gasteiger partial charge in [0.25, 0.3) is 0 Å². The molecule has 0 amide bonds. The predicted octanol–water partition coefficient (Wildman–Crippen LogP) is 2.53. The summed E-state index contributed by atoms with van der Waals surface area (Å²) in [6.07, 6.45) is 0. The van der Waals surface area contributed by atoms with E-state index in [4.69, 9.17) is 4.89 Å². The molecule has 0 fully saturated rings. The van der Waals surface area contributed by atoms with Gasteiger partial charge in [-0.1, -0.05) is 0 Å². The number of hydrogen-bond acceptors (Lipinski definition) is 7. The number of carbonyl (C=O) groups excluding carboxylic acids is 1. The first kappa shape index (κ1) is 16.8. The Morgan fingerprint density at radius 3 is 1.76 bits per heavy atom. The molecular formula is C7H16O8P2. The van der Waals surface area contributed by atoms with Crippen LogP contribution in [-0.4, -0.2) is 30.4 Å². The van der Waals surface area contributed by atoms with Crippen LogP contribution in [0.5, 0.6) is 0 Å². The first-order valence-corrected chi connectivity index (χ1v) is 7.95. The number of phosphoric acid groups is 1. The summed E-state index contributed by atoms with van der Waals surface area (Å²) in [5, 5.41) is 0. The molecule has 0 bridgehead atoms. The van der Waals surface area contributed by atoms with Crippen molar-refractivity contribution in [1.29, 1.82) is 0 Å². The minimum Gasteiger partial charge on any atom is -0.361 e. The minimum absolute atomic E-state index is 0.0727. The van der Waals surface area contributed by atoms with Crippen LogP contribution in [0.15, 0.2) is 0 Å². The second-order valence-electron chi connectivity index (χ2n) is 2.58. The molecule has 0 saturated heterocycles. The molecule has 0 aromatic rings. The molecule has 0 saturated carbocycles. The van der Waals surface area contributed by atoms with Crippen LogP contribution in [0.1, 0.15) is 20.8 Å². The van der Waals surface area contributed by atoms with Gasteiger partial charge in [0, 0.05) is 0 Å². The van der Waals surface area contributed by atoms with Crippen molar-refractivity contribution < 1.29 is 36.9 Å². The summed E-state index contributed by atoms with van der Waals surface area (Å²) >= 11 is 0. The van der Waals surface area contributed by atoms with Crippen molar-refractivity contribution in [3.63, 3.8) is 0 Å². The molecule has 0 aliphatic heterocycles. The summed E-state index contributed by atoms with van der Waals surface area (Å²) in [6, 6.07) is 0. The highest BCUT2D eigenvalue weighted by atomic mass is 31.2. The van der Waals surface area contributed by atoms with E-state index in [9.17, 15) is 13.9 Å². The molecular weight excluding hydrogens is 274 g/mol. The van der Waals surface area contributed by atoms with Crippen LogP contribution in [0.3, 0.4) is 0 Å². The minimum atomic E-state index is -4.57. The molecule has 1 unspecified atom stereocenters. The zero-order chi connectivity index (χ0) is 13.5. The quantitative estimate of drug-likeness (QED) is 0.679. The second-order valence-corrected chi connectivity index (χ2v) is 5.83. The molecule has 1 N–H and O–H groups in total. The number of phosphoric ester groups is 1. The Morgan fingerprint density at radius 2 is 1.41 bits per heavy atom. The van der Waals surface area contributed by atoms with E-state index >= 15 is 0 Å². The van der Waals surface area contributed by atoms with Crippen LogP contribution in [0.2, 0.25) is 0 Å². The molecule has 0 aromatic heterocycles. The average Bonchev–Trinajstić information content (AvgIpc) is 2.17. The predicted molar refractivity (Wildman–Crippen MR) is 58.8 cm³/mol. The molecule has 0 radical (unpaired) electrons. The normalized spacial score (nSPS) is 15.3. The van der Waals surface area contributed by atoms with Crippen molar-refractivity contribution in [3.05, 3.63) is 0 Å². The molecule has 1 atom stereocenters. The standard InChI is InChI=1S/C7H16O8P2/c1-4-12-16(9,13-5-2)7(8)15-17(10,11)14-6-3/h4-6H2,1-3H3,(H,10,11). The van der Waals surface area contributed by atoms with Gasteiger partial charge in [0.05, 0.1) is 19.8 Å². The molecule has 10 heteroatoms. The number of hydrogen-bond donors (Lipinski definition) is 1. The first-order chi connectivity index (χ1) is 7.81. The highest BCUT2D eigenvalue weighted by Crippen LogP contribution is 2.55. The molecule has 0 aliphatic rings. The Kier molecular flexibility index (Phi) is 7.16. The zero-order valence-corrected chi connectivity index (χ0v) is 11.6. The van der Waals surface area contributed by atoms with Crippen molar-refractivity contribution in [2.75, 3.05) is 19.8 Å². The molecule has 0 rings (SSSR count). The molecule has 102 valence electrons. The van der Waals surface area contributed by atoms with Gasteiger partial charge >= 0.3 is 21.1 Å². The van der Waals surface area contributed by atoms with Gasteiger partial charge in [0.2, 0.25) is 0 Å². The second kappa shape index (κ2) is 7.26. The fourth-order valence-electron chi connectivity index (χ4n) is 0.821. The molecule has 0 aliphatic carbocycles. The third-order valence-corrected chi connectivity index (χ3v) is 4.17. The molecule has 0 aromatic carbocycles. The smallest absolute Gasteiger partial charge is 0.361 e. The Hall–Kier alpha value is -0.230. The fourth-order valence-corrected chi connectivity index (χ4v) is 3.07. The highest BCUT2D eigenvalue weighted by Gasteiger charge is 2.41. The van der Waals surface area contributed by atoms with E-state index < -0.39 is 21.1 Å². The van der Waals surface area contributed by atoms with Gasteiger partial charge in [-0.2, -0.15) is 0 Å². The highest BCUT2D eigenvalue weighted by molar-refractivity contribution is 7.72. The van der Waals surface area contributed by atoms with Crippen molar-refractivity contribution >= 4 is 21.1 Å². The third kappa shape index (κ3) is 5.77. The maximum atomic E-state index is 11.8. The van der Waals surface area contributed by atoms with Crippen molar-refractivity contribution in [3.8, 4) is 0 Å². The third-order valence-electron chi connectivity index (χ3n) is 1.31. The summed E-state index contributed by atoms with van der Waals surface area (Å²) in [5.41, 5.74) is -1.54. The van der Waals surface area contributed by atoms with Gasteiger partial charge in [0.15, 0.2) is 0 Å². The van der Waals surface area contributed by atoms with E-state index in [1.807, 2.05) is 0 Å². The Labute approximate surface area is 99.4 Å². The van der Waals surface area contributed by atoms with E-state index in [-0.39, 0.29) is 19.8 Å². The zero-order valence-electron chi connectivity index (χ0n) is 9.82. The maximum absolute atomic E-state index is 11.8. The van der Waals surface area contributed by atoms with Crippen LogP contribution in [0.25, 0.3) is 0 Å². The molecule has 0 spiro atoms. The number of rotatable bonds is 8. The van der Waals surface area contributed by atoms with Gasteiger partial charge in [0.1, 0.15) is 0 Å². The lowest BCUT2D eigenvalue weighted by atomic mass is 10.9. The summed E-state index contributed by atoms with van der Waals surface area (Å²) in [5.74, 6) is 0. The van der Waals surface area contributed by atoms with Crippen LogP contribution < -0.4 is 0 Å². The van der Waals surface area contributed by atoms with Crippen molar-refractivity contribution in [1.82, 2.24) is 0 Å². The Bertz CT molecular complexity index is 331. The van der Waals surface area contributed by atoms with Crippen LogP contribution >= 0.6 is 15.4 Å². The average molecular weight is 290 g/mol. The molecule has 8 nitrogen and oxygen atoms in total. The summed E-state index contributed by atoms with van der Waals surface area (Å²) in [6.45, 7) is 4.11. The van der Waals surface area contributed by atoms with Crippen LogP contribution in [0.4, 0.5) is 4.79 Å². The van der Waals surface area contributed by atoms with Crippen LogP contribution in [0, 0.1) is 0 Å². The van der Waals surface area contributed by atoms with E-state index in [1.54, 1.807) is 0 Å². The summed E-state index contributed by atoms with van der Waals surface area (Å²) in [7, 11) is -8.78. The summed E-state index contributed by atoms with van der Waals surface area (Å²) < 4.78 is 40.6. The van der Waals surface area contributed by atoms with Crippen molar-refractivity contribution in [2.24, 2.45) is 0 Å². The fraction of sp³-hybridized carbons (Fsp3) is 0.857. The largest absolute Gasteiger partial charge is 0.530 e. The SMILES string of the molecule is CCOP(=O)(O)OC(=O)P(=O)(OCC)OCC. The van der Waals surface area contributed by atoms with E-state index in [1.165, 1.54) is 20.8 Å². The summed E-state index contributed by atoms with van der Waals surface area (Å²) in [4.78, 5) is 20.4. The van der Waals surface area contributed by atoms with E-state index in [0.29, 0.717) is 0 Å². The van der Waals surface area contributed by atoms with E-state index in [0.717, 1.165) is 0 Å². The monoisotopic (exact) mass is 290 g/mol. The topological polar surface area (TPSA) is 108 Å². The Balaban J connectivity index is 4.75. The lowest BCUT2D eigenvalue weighted by molar-refractivity contribution is 0.155.